The molecule has 1 amide bonds. The van der Waals surface area contributed by atoms with E-state index >= 15 is 0 Å². The quantitative estimate of drug-likeness (QED) is 0.464. The maximum absolute atomic E-state index is 11.8. The second-order valence-electron chi connectivity index (χ2n) is 7.62. The number of anilines is 1. The molecular formula is C23H23N7O. The molecule has 0 saturated carbocycles. The fourth-order valence-electron chi connectivity index (χ4n) is 4.05. The highest BCUT2D eigenvalue weighted by Gasteiger charge is 2.22. The molecule has 5 rings (SSSR count). The van der Waals surface area contributed by atoms with Crippen LogP contribution in [0, 0.1) is 6.92 Å². The Hall–Kier alpha value is -3.78. The van der Waals surface area contributed by atoms with Gasteiger partial charge in [0.25, 0.3) is 5.91 Å². The predicted octanol–water partition coefficient (Wildman–Crippen LogP) is 2.46. The highest BCUT2D eigenvalue weighted by Crippen LogP contribution is 2.30. The van der Waals surface area contributed by atoms with Crippen molar-refractivity contribution in [3.05, 3.63) is 76.7 Å². The van der Waals surface area contributed by atoms with Crippen LogP contribution in [0.4, 0.5) is 5.82 Å². The number of nitrogens with one attached hydrogen (secondary N) is 2. The number of hydrogen-bond acceptors (Lipinski definition) is 6. The highest BCUT2D eigenvalue weighted by molar-refractivity contribution is 5.93. The summed E-state index contributed by atoms with van der Waals surface area (Å²) >= 11 is 0. The van der Waals surface area contributed by atoms with Crippen LogP contribution in [-0.4, -0.2) is 32.0 Å². The molecular weight excluding hydrogens is 390 g/mol. The second-order valence-corrected chi connectivity index (χ2v) is 7.62. The van der Waals surface area contributed by atoms with Crippen molar-refractivity contribution in [2.75, 3.05) is 11.9 Å². The van der Waals surface area contributed by atoms with Crippen LogP contribution < -0.4 is 16.4 Å². The van der Waals surface area contributed by atoms with E-state index in [-0.39, 0.29) is 0 Å². The van der Waals surface area contributed by atoms with E-state index in [0.717, 1.165) is 46.8 Å². The Morgan fingerprint density at radius 1 is 1.16 bits per heavy atom. The minimum atomic E-state index is -0.527. The van der Waals surface area contributed by atoms with Crippen LogP contribution in [0.1, 0.15) is 33.0 Å². The lowest BCUT2D eigenvalue weighted by molar-refractivity contribution is 0.0993. The molecule has 0 spiro atoms. The van der Waals surface area contributed by atoms with Gasteiger partial charge in [-0.2, -0.15) is 5.10 Å². The summed E-state index contributed by atoms with van der Waals surface area (Å²) in [7, 11) is 0. The summed E-state index contributed by atoms with van der Waals surface area (Å²) in [4.78, 5) is 21.6. The second kappa shape index (κ2) is 7.81. The summed E-state index contributed by atoms with van der Waals surface area (Å²) in [6.45, 7) is 4.16. The van der Waals surface area contributed by atoms with E-state index in [0.29, 0.717) is 24.6 Å². The number of aromatic nitrogens is 4. The first-order valence-electron chi connectivity index (χ1n) is 10.3. The number of rotatable bonds is 5. The van der Waals surface area contributed by atoms with E-state index in [1.807, 2.05) is 31.2 Å². The van der Waals surface area contributed by atoms with E-state index in [9.17, 15) is 4.79 Å². The third kappa shape index (κ3) is 3.51. The van der Waals surface area contributed by atoms with E-state index < -0.39 is 5.91 Å². The van der Waals surface area contributed by atoms with Gasteiger partial charge in [0.05, 0.1) is 22.5 Å². The molecule has 156 valence electrons. The van der Waals surface area contributed by atoms with Crippen molar-refractivity contribution in [2.45, 2.75) is 26.4 Å². The largest absolute Gasteiger partial charge is 0.366 e. The molecule has 0 aliphatic carbocycles. The SMILES string of the molecule is Cc1nn2c(C(N)=O)cccc2c1-c1nc2c(c(NCc3ccccc3)n1)CCNC2. The summed E-state index contributed by atoms with van der Waals surface area (Å²) in [5.74, 6) is 0.905. The van der Waals surface area contributed by atoms with Gasteiger partial charge in [0, 0.05) is 18.7 Å². The number of benzene rings is 1. The smallest absolute Gasteiger partial charge is 0.267 e. The molecule has 8 nitrogen and oxygen atoms in total. The Balaban J connectivity index is 1.62. The molecule has 0 fully saturated rings. The Morgan fingerprint density at radius 2 is 2.00 bits per heavy atom. The summed E-state index contributed by atoms with van der Waals surface area (Å²) in [6, 6.07) is 15.6. The van der Waals surface area contributed by atoms with Gasteiger partial charge in [-0.25, -0.2) is 14.5 Å². The number of nitrogens with two attached hydrogens (primary N) is 1. The van der Waals surface area contributed by atoms with Crippen molar-refractivity contribution in [3.63, 3.8) is 0 Å². The van der Waals surface area contributed by atoms with Crippen molar-refractivity contribution < 1.29 is 4.79 Å². The zero-order chi connectivity index (χ0) is 21.4. The van der Waals surface area contributed by atoms with Gasteiger partial charge in [0.1, 0.15) is 11.5 Å². The first kappa shape index (κ1) is 19.2. The van der Waals surface area contributed by atoms with Gasteiger partial charge >= 0.3 is 0 Å². The first-order valence-corrected chi connectivity index (χ1v) is 10.3. The number of amides is 1. The van der Waals surface area contributed by atoms with Gasteiger partial charge < -0.3 is 16.4 Å². The Morgan fingerprint density at radius 3 is 2.81 bits per heavy atom. The number of hydrogen-bond donors (Lipinski definition) is 3. The molecule has 1 aromatic carbocycles. The zero-order valence-corrected chi connectivity index (χ0v) is 17.2. The lowest BCUT2D eigenvalue weighted by Crippen LogP contribution is -2.26. The Bertz CT molecular complexity index is 1280. The van der Waals surface area contributed by atoms with Gasteiger partial charge in [-0.05, 0) is 37.6 Å². The van der Waals surface area contributed by atoms with Gasteiger partial charge in [0.2, 0.25) is 0 Å². The average molecular weight is 413 g/mol. The summed E-state index contributed by atoms with van der Waals surface area (Å²) in [6.07, 6.45) is 0.867. The minimum absolute atomic E-state index is 0.328. The summed E-state index contributed by atoms with van der Waals surface area (Å²) in [5.41, 5.74) is 11.5. The maximum Gasteiger partial charge on any atom is 0.267 e. The molecule has 1 aliphatic heterocycles. The number of carbonyl (C=O) groups excluding carboxylic acids is 1. The van der Waals surface area contributed by atoms with Gasteiger partial charge in [-0.3, -0.25) is 4.79 Å². The molecule has 3 aromatic heterocycles. The number of aryl methyl sites for hydroxylation is 1. The summed E-state index contributed by atoms with van der Waals surface area (Å²) in [5, 5.41) is 11.4. The lowest BCUT2D eigenvalue weighted by atomic mass is 10.1. The minimum Gasteiger partial charge on any atom is -0.366 e. The van der Waals surface area contributed by atoms with Crippen molar-refractivity contribution in [1.82, 2.24) is 24.9 Å². The average Bonchev–Trinajstić information content (AvgIpc) is 3.13. The first-order chi connectivity index (χ1) is 15.1. The number of nitrogens with zero attached hydrogens (tertiary/aromatic N) is 4. The normalized spacial score (nSPS) is 13.2. The van der Waals surface area contributed by atoms with Crippen molar-refractivity contribution in [2.24, 2.45) is 5.73 Å². The molecule has 0 radical (unpaired) electrons. The lowest BCUT2D eigenvalue weighted by Gasteiger charge is -2.21. The topological polar surface area (TPSA) is 110 Å². The molecule has 31 heavy (non-hydrogen) atoms. The van der Waals surface area contributed by atoms with E-state index in [4.69, 9.17) is 15.7 Å². The standard InChI is InChI=1S/C23H23N7O/c1-14-20(18-8-5-9-19(21(24)31)30(18)29-14)23-27-17-13-25-11-10-16(17)22(28-23)26-12-15-6-3-2-4-7-15/h2-9,25H,10-13H2,1H3,(H2,24,31)(H,26,27,28). The highest BCUT2D eigenvalue weighted by atomic mass is 16.1. The zero-order valence-electron chi connectivity index (χ0n) is 17.2. The van der Waals surface area contributed by atoms with Gasteiger partial charge in [0.15, 0.2) is 5.82 Å². The fourth-order valence-corrected chi connectivity index (χ4v) is 4.05. The van der Waals surface area contributed by atoms with Crippen LogP contribution in [0.25, 0.3) is 16.9 Å². The Labute approximate surface area is 179 Å². The maximum atomic E-state index is 11.8. The van der Waals surface area contributed by atoms with E-state index in [2.05, 4.69) is 27.9 Å². The predicted molar refractivity (Wildman–Crippen MR) is 119 cm³/mol. The molecule has 0 unspecified atom stereocenters. The molecule has 4 N–H and O–H groups in total. The van der Waals surface area contributed by atoms with Crippen molar-refractivity contribution >= 4 is 17.2 Å². The molecule has 0 bridgehead atoms. The van der Waals surface area contributed by atoms with Crippen LogP contribution >= 0.6 is 0 Å². The number of fused-ring (bicyclic) bond motifs is 2. The molecule has 1 aliphatic rings. The van der Waals surface area contributed by atoms with Crippen molar-refractivity contribution in [1.29, 1.82) is 0 Å². The fraction of sp³-hybridized carbons (Fsp3) is 0.217. The van der Waals surface area contributed by atoms with Gasteiger partial charge in [-0.1, -0.05) is 36.4 Å². The number of primary amides is 1. The van der Waals surface area contributed by atoms with Crippen LogP contribution in [0.15, 0.2) is 48.5 Å². The molecule has 8 heteroatoms. The van der Waals surface area contributed by atoms with Crippen LogP contribution in [0.2, 0.25) is 0 Å². The molecule has 0 saturated heterocycles. The summed E-state index contributed by atoms with van der Waals surface area (Å²) < 4.78 is 1.57. The monoisotopic (exact) mass is 413 g/mol. The number of carbonyl (C=O) groups is 1. The van der Waals surface area contributed by atoms with Crippen LogP contribution in [0.5, 0.6) is 0 Å². The molecule has 4 heterocycles. The van der Waals surface area contributed by atoms with Crippen LogP contribution in [-0.2, 0) is 19.5 Å². The van der Waals surface area contributed by atoms with Crippen molar-refractivity contribution in [3.8, 4) is 11.4 Å². The van der Waals surface area contributed by atoms with Crippen LogP contribution in [0.3, 0.4) is 0 Å². The third-order valence-electron chi connectivity index (χ3n) is 5.55. The Kier molecular flexibility index (Phi) is 4.83. The van der Waals surface area contributed by atoms with E-state index in [1.54, 1.807) is 16.6 Å². The molecule has 4 aromatic rings. The van der Waals surface area contributed by atoms with E-state index in [1.165, 1.54) is 5.56 Å². The third-order valence-corrected chi connectivity index (χ3v) is 5.55. The molecule has 0 atom stereocenters. The van der Waals surface area contributed by atoms with Gasteiger partial charge in [-0.15, -0.1) is 0 Å². The number of pyridine rings is 1.